The molecule has 1 aliphatic carbocycles. The highest BCUT2D eigenvalue weighted by atomic mass is 32.1. The van der Waals surface area contributed by atoms with Crippen molar-refractivity contribution in [2.45, 2.75) is 40.0 Å². The normalized spacial score (nSPS) is 22.2. The summed E-state index contributed by atoms with van der Waals surface area (Å²) < 4.78 is 0. The number of hydrogen-bond acceptors (Lipinski definition) is 3. The van der Waals surface area contributed by atoms with Crippen molar-refractivity contribution in [3.8, 4) is 0 Å². The zero-order valence-corrected chi connectivity index (χ0v) is 16.1. The summed E-state index contributed by atoms with van der Waals surface area (Å²) in [6, 6.07) is 4.21. The van der Waals surface area contributed by atoms with Crippen LogP contribution in [0.25, 0.3) is 6.08 Å². The third-order valence-electron chi connectivity index (χ3n) is 5.22. The Balaban J connectivity index is 1.91. The van der Waals surface area contributed by atoms with Crippen LogP contribution in [0.4, 0.5) is 0 Å². The van der Waals surface area contributed by atoms with Crippen LogP contribution in [0, 0.1) is 11.3 Å². The fourth-order valence-corrected chi connectivity index (χ4v) is 3.95. The molecule has 0 amide bonds. The molecule has 0 spiro atoms. The lowest BCUT2D eigenvalue weighted by Gasteiger charge is -2.22. The van der Waals surface area contributed by atoms with Gasteiger partial charge in [-0.1, -0.05) is 51.0 Å². The molecule has 0 saturated heterocycles. The van der Waals surface area contributed by atoms with Crippen LogP contribution in [0.1, 0.15) is 44.9 Å². The van der Waals surface area contributed by atoms with Gasteiger partial charge < -0.3 is 5.11 Å². The van der Waals surface area contributed by atoms with Gasteiger partial charge in [0.25, 0.3) is 0 Å². The fourth-order valence-electron chi connectivity index (χ4n) is 3.33. The second kappa shape index (κ2) is 7.67. The highest BCUT2D eigenvalue weighted by molar-refractivity contribution is 7.10. The maximum Gasteiger partial charge on any atom is 0.0513 e. The molecule has 0 bridgehead atoms. The van der Waals surface area contributed by atoms with Crippen LogP contribution in [-0.4, -0.2) is 12.3 Å². The quantitative estimate of drug-likeness (QED) is 0.651. The lowest BCUT2D eigenvalue weighted by Crippen LogP contribution is -2.20. The smallest absolute Gasteiger partial charge is 0.0513 e. The Kier molecular flexibility index (Phi) is 5.55. The Morgan fingerprint density at radius 2 is 2.12 bits per heavy atom. The monoisotopic (exact) mass is 352 g/mol. The van der Waals surface area contributed by atoms with Crippen molar-refractivity contribution in [1.82, 2.24) is 0 Å². The van der Waals surface area contributed by atoms with Gasteiger partial charge in [-0.3, -0.25) is 4.99 Å². The van der Waals surface area contributed by atoms with Crippen molar-refractivity contribution >= 4 is 23.1 Å². The zero-order valence-electron chi connectivity index (χ0n) is 15.3. The highest BCUT2D eigenvalue weighted by Crippen LogP contribution is 2.44. The number of hydrogen-bond donors (Lipinski definition) is 0. The summed E-state index contributed by atoms with van der Waals surface area (Å²) in [5.41, 5.74) is 4.89. The van der Waals surface area contributed by atoms with E-state index in [1.54, 1.807) is 11.3 Å². The van der Waals surface area contributed by atoms with Crippen molar-refractivity contribution in [3.05, 3.63) is 63.5 Å². The van der Waals surface area contributed by atoms with E-state index in [0.717, 1.165) is 19.3 Å². The molecule has 0 aromatic carbocycles. The molecule has 2 nitrogen and oxygen atoms in total. The van der Waals surface area contributed by atoms with E-state index in [-0.39, 0.29) is 12.0 Å². The van der Waals surface area contributed by atoms with Crippen molar-refractivity contribution in [2.24, 2.45) is 16.3 Å². The average molecular weight is 353 g/mol. The first-order chi connectivity index (χ1) is 12.0. The number of allylic oxidation sites excluding steroid dienone is 6. The van der Waals surface area contributed by atoms with E-state index in [1.807, 2.05) is 0 Å². The summed E-state index contributed by atoms with van der Waals surface area (Å²) in [5, 5.41) is 12.9. The van der Waals surface area contributed by atoms with Gasteiger partial charge in [0, 0.05) is 21.9 Å². The van der Waals surface area contributed by atoms with E-state index < -0.39 is 0 Å². The Bertz CT molecular complexity index is 760. The van der Waals surface area contributed by atoms with Crippen molar-refractivity contribution in [3.63, 3.8) is 0 Å². The molecule has 1 aliphatic heterocycles. The van der Waals surface area contributed by atoms with Crippen molar-refractivity contribution in [2.75, 3.05) is 6.61 Å². The summed E-state index contributed by atoms with van der Waals surface area (Å²) in [6.45, 7) is 6.65. The summed E-state index contributed by atoms with van der Waals surface area (Å²) in [7, 11) is 0. The predicted molar refractivity (Wildman–Crippen MR) is 107 cm³/mol. The maximum atomic E-state index is 10.8. The maximum absolute atomic E-state index is 10.8. The van der Waals surface area contributed by atoms with Crippen molar-refractivity contribution < 1.29 is 5.11 Å². The van der Waals surface area contributed by atoms with E-state index in [1.165, 1.54) is 27.4 Å². The van der Waals surface area contributed by atoms with Gasteiger partial charge in [-0.25, -0.2) is 0 Å². The zero-order chi connectivity index (χ0) is 17.9. The van der Waals surface area contributed by atoms with Gasteiger partial charge in [0.1, 0.15) is 0 Å². The number of aliphatic imine (C=N–C) groups is 1. The van der Waals surface area contributed by atoms with Gasteiger partial charge in [0.15, 0.2) is 0 Å². The first-order valence-corrected chi connectivity index (χ1v) is 9.90. The molecular formula is C22H26NOS-. The molecule has 1 atom stereocenters. The van der Waals surface area contributed by atoms with Gasteiger partial charge in [0.05, 0.1) is 5.70 Å². The highest BCUT2D eigenvalue weighted by Gasteiger charge is 2.36. The Hall–Kier alpha value is -1.71. The summed E-state index contributed by atoms with van der Waals surface area (Å²) in [6.07, 6.45) is 13.9. The summed E-state index contributed by atoms with van der Waals surface area (Å²) >= 11 is 1.75. The van der Waals surface area contributed by atoms with Gasteiger partial charge >= 0.3 is 0 Å². The Morgan fingerprint density at radius 1 is 1.28 bits per heavy atom. The van der Waals surface area contributed by atoms with Gasteiger partial charge in [-0.2, -0.15) is 0 Å². The van der Waals surface area contributed by atoms with Crippen LogP contribution < -0.4 is 5.11 Å². The van der Waals surface area contributed by atoms with E-state index in [2.05, 4.69) is 68.7 Å². The van der Waals surface area contributed by atoms with E-state index in [4.69, 9.17) is 4.99 Å². The van der Waals surface area contributed by atoms with Crippen LogP contribution in [0.3, 0.4) is 0 Å². The van der Waals surface area contributed by atoms with E-state index >= 15 is 0 Å². The second-order valence-corrected chi connectivity index (χ2v) is 8.26. The van der Waals surface area contributed by atoms with Crippen LogP contribution in [0.15, 0.2) is 63.7 Å². The van der Waals surface area contributed by atoms with Gasteiger partial charge in [0.2, 0.25) is 0 Å². The Labute approximate surface area is 155 Å². The lowest BCUT2D eigenvalue weighted by molar-refractivity contribution is -0.368. The first-order valence-electron chi connectivity index (χ1n) is 9.02. The minimum atomic E-state index is -0.0276. The number of rotatable bonds is 6. The molecule has 1 unspecified atom stereocenters. The van der Waals surface area contributed by atoms with Crippen LogP contribution >= 0.6 is 11.3 Å². The molecule has 2 aliphatic rings. The summed E-state index contributed by atoms with van der Waals surface area (Å²) in [5.74, 6) is 0.308. The van der Waals surface area contributed by atoms with E-state index in [9.17, 15) is 5.11 Å². The molecule has 25 heavy (non-hydrogen) atoms. The van der Waals surface area contributed by atoms with E-state index in [0.29, 0.717) is 5.92 Å². The largest absolute Gasteiger partial charge is 0.854 e. The van der Waals surface area contributed by atoms with Crippen LogP contribution in [-0.2, 0) is 0 Å². The first kappa shape index (κ1) is 18.1. The lowest BCUT2D eigenvalue weighted by atomic mass is 9.79. The minimum absolute atomic E-state index is 0.0170. The van der Waals surface area contributed by atoms with Gasteiger partial charge in [-0.05, 0) is 48.1 Å². The van der Waals surface area contributed by atoms with Crippen molar-refractivity contribution in [1.29, 1.82) is 0 Å². The molecule has 0 fully saturated rings. The molecule has 3 rings (SSSR count). The molecule has 2 heterocycles. The molecule has 0 saturated carbocycles. The molecule has 0 radical (unpaired) electrons. The fraction of sp³-hybridized carbons (Fsp3) is 0.409. The predicted octanol–water partition coefficient (Wildman–Crippen LogP) is 5.16. The SMILES string of the molecule is CC1=NC2=C(C=C(/C=C/c3cccs3)C=CC2CCCC[O-])C1(C)C. The molecular weight excluding hydrogens is 326 g/mol. The number of nitrogens with zero attached hydrogens (tertiary/aromatic N) is 1. The summed E-state index contributed by atoms with van der Waals surface area (Å²) in [4.78, 5) is 6.19. The Morgan fingerprint density at radius 3 is 2.84 bits per heavy atom. The number of thiophene rings is 1. The molecule has 1 aromatic heterocycles. The third-order valence-corrected chi connectivity index (χ3v) is 6.06. The molecule has 0 N–H and O–H groups in total. The molecule has 132 valence electrons. The van der Waals surface area contributed by atoms with Crippen LogP contribution in [0.2, 0.25) is 0 Å². The van der Waals surface area contributed by atoms with Crippen LogP contribution in [0.5, 0.6) is 0 Å². The average Bonchev–Trinajstić information content (AvgIpc) is 3.12. The van der Waals surface area contributed by atoms with Gasteiger partial charge in [-0.15, -0.1) is 17.9 Å². The second-order valence-electron chi connectivity index (χ2n) is 7.28. The molecule has 3 heteroatoms. The standard InChI is InChI=1S/C22H26NOS/c1-16-22(2,3)20-15-17(10-12-19-8-6-14-25-19)9-11-18(21(20)23-16)7-4-5-13-24/h6,8-12,14-15,18H,4-5,7,13H2,1-3H3/q-1/b12-10+. The topological polar surface area (TPSA) is 35.4 Å². The molecule has 1 aromatic rings. The number of unbranched alkanes of at least 4 members (excludes halogenated alkanes) is 1. The third kappa shape index (κ3) is 3.94. The minimum Gasteiger partial charge on any atom is -0.854 e.